The van der Waals surface area contributed by atoms with Crippen molar-refractivity contribution in [2.24, 2.45) is 0 Å². The van der Waals surface area contributed by atoms with Gasteiger partial charge in [0.1, 0.15) is 6.61 Å². The molecule has 2 rings (SSSR count). The molecule has 1 amide bonds. The van der Waals surface area contributed by atoms with Crippen molar-refractivity contribution in [1.29, 1.82) is 0 Å². The van der Waals surface area contributed by atoms with Crippen LogP contribution in [0.4, 0.5) is 4.79 Å². The molecule has 0 aliphatic heterocycles. The molecule has 1 saturated carbocycles. The van der Waals surface area contributed by atoms with Crippen LogP contribution in [0.15, 0.2) is 30.3 Å². The fraction of sp³-hybridized carbons (Fsp3) is 0.611. The summed E-state index contributed by atoms with van der Waals surface area (Å²) in [4.78, 5) is 11.7. The summed E-state index contributed by atoms with van der Waals surface area (Å²) in [6, 6.07) is 10.2. The van der Waals surface area contributed by atoms with Crippen LogP contribution in [0.3, 0.4) is 0 Å². The molecule has 1 aromatic carbocycles. The second kappa shape index (κ2) is 8.31. The largest absolute Gasteiger partial charge is 0.445 e. The third kappa shape index (κ3) is 5.52. The van der Waals surface area contributed by atoms with Gasteiger partial charge in [0, 0.05) is 18.6 Å². The quantitative estimate of drug-likeness (QED) is 0.688. The van der Waals surface area contributed by atoms with Crippen molar-refractivity contribution in [3.8, 4) is 0 Å². The van der Waals surface area contributed by atoms with Crippen LogP contribution in [0.5, 0.6) is 0 Å². The van der Waals surface area contributed by atoms with E-state index >= 15 is 0 Å². The van der Waals surface area contributed by atoms with Crippen molar-refractivity contribution in [2.45, 2.75) is 63.8 Å². The number of amides is 1. The predicted molar refractivity (Wildman–Crippen MR) is 90.1 cm³/mol. The van der Waals surface area contributed by atoms with Crippen LogP contribution >= 0.6 is 0 Å². The second-order valence-corrected chi connectivity index (χ2v) is 6.38. The number of ether oxygens (including phenoxy) is 1. The number of hydrogen-bond acceptors (Lipinski definition) is 4. The highest BCUT2D eigenvalue weighted by Gasteiger charge is 2.32. The molecule has 0 saturated heterocycles. The van der Waals surface area contributed by atoms with Crippen LogP contribution in [0.25, 0.3) is 0 Å². The summed E-state index contributed by atoms with van der Waals surface area (Å²) < 4.78 is 5.21. The Morgan fingerprint density at radius 1 is 1.22 bits per heavy atom. The molecule has 128 valence electrons. The van der Waals surface area contributed by atoms with Crippen molar-refractivity contribution in [2.75, 3.05) is 6.54 Å². The van der Waals surface area contributed by atoms with Gasteiger partial charge in [-0.2, -0.15) is 0 Å². The summed E-state index contributed by atoms with van der Waals surface area (Å²) in [6.45, 7) is 4.90. The molecule has 0 bridgehead atoms. The van der Waals surface area contributed by atoms with Crippen molar-refractivity contribution >= 4 is 6.09 Å². The van der Waals surface area contributed by atoms with Crippen LogP contribution < -0.4 is 10.6 Å². The van der Waals surface area contributed by atoms with E-state index in [4.69, 9.17) is 4.74 Å². The van der Waals surface area contributed by atoms with Gasteiger partial charge in [-0.05, 0) is 31.2 Å². The van der Waals surface area contributed by atoms with Crippen LogP contribution in [-0.4, -0.2) is 35.4 Å². The topological polar surface area (TPSA) is 70.6 Å². The number of benzene rings is 1. The lowest BCUT2D eigenvalue weighted by Gasteiger charge is -2.38. The molecule has 5 nitrogen and oxygen atoms in total. The zero-order chi connectivity index (χ0) is 16.7. The summed E-state index contributed by atoms with van der Waals surface area (Å²) in [5.74, 6) is 0. The van der Waals surface area contributed by atoms with E-state index in [0.717, 1.165) is 31.2 Å². The second-order valence-electron chi connectivity index (χ2n) is 6.38. The first-order valence-electron chi connectivity index (χ1n) is 8.47. The monoisotopic (exact) mass is 320 g/mol. The van der Waals surface area contributed by atoms with Gasteiger partial charge in [-0.1, -0.05) is 44.2 Å². The number of rotatable bonds is 8. The van der Waals surface area contributed by atoms with Crippen LogP contribution in [0.1, 0.15) is 45.1 Å². The minimum absolute atomic E-state index is 0.159. The van der Waals surface area contributed by atoms with Crippen molar-refractivity contribution < 1.29 is 14.6 Å². The van der Waals surface area contributed by atoms with Gasteiger partial charge >= 0.3 is 6.09 Å². The third-order valence-corrected chi connectivity index (χ3v) is 4.71. The average Bonchev–Trinajstić information content (AvgIpc) is 2.55. The third-order valence-electron chi connectivity index (χ3n) is 4.71. The molecule has 1 fully saturated rings. The fourth-order valence-corrected chi connectivity index (χ4v) is 2.67. The maximum absolute atomic E-state index is 11.7. The van der Waals surface area contributed by atoms with E-state index < -0.39 is 5.60 Å². The molecule has 5 heteroatoms. The molecule has 1 aliphatic rings. The highest BCUT2D eigenvalue weighted by Crippen LogP contribution is 2.22. The van der Waals surface area contributed by atoms with Crippen molar-refractivity contribution in [1.82, 2.24) is 10.6 Å². The Hall–Kier alpha value is -1.59. The Kier molecular flexibility index (Phi) is 6.42. The normalized spacial score (nSPS) is 20.7. The first-order chi connectivity index (χ1) is 11.0. The van der Waals surface area contributed by atoms with E-state index in [1.165, 1.54) is 0 Å². The number of alkyl carbamates (subject to hydrolysis) is 1. The molecule has 3 N–H and O–H groups in total. The van der Waals surface area contributed by atoms with Gasteiger partial charge < -0.3 is 20.5 Å². The lowest BCUT2D eigenvalue weighted by Crippen LogP contribution is -2.55. The molecular formula is C18H28N2O3. The van der Waals surface area contributed by atoms with Gasteiger partial charge in [0.25, 0.3) is 0 Å². The molecule has 1 aromatic rings. The minimum Gasteiger partial charge on any atom is -0.445 e. The van der Waals surface area contributed by atoms with E-state index in [2.05, 4.69) is 10.6 Å². The number of hydrogen-bond donors (Lipinski definition) is 3. The number of carbonyl (C=O) groups is 1. The number of nitrogens with one attached hydrogen (secondary N) is 2. The van der Waals surface area contributed by atoms with E-state index in [-0.39, 0.29) is 12.1 Å². The Morgan fingerprint density at radius 3 is 2.48 bits per heavy atom. The summed E-state index contributed by atoms with van der Waals surface area (Å²) >= 11 is 0. The lowest BCUT2D eigenvalue weighted by atomic mass is 9.86. The van der Waals surface area contributed by atoms with E-state index in [9.17, 15) is 9.90 Å². The fourth-order valence-electron chi connectivity index (χ4n) is 2.67. The van der Waals surface area contributed by atoms with Gasteiger partial charge in [-0.3, -0.25) is 0 Å². The van der Waals surface area contributed by atoms with Gasteiger partial charge in [-0.15, -0.1) is 0 Å². The summed E-state index contributed by atoms with van der Waals surface area (Å²) in [7, 11) is 0. The number of aliphatic hydroxyl groups is 1. The zero-order valence-electron chi connectivity index (χ0n) is 14.0. The van der Waals surface area contributed by atoms with Gasteiger partial charge in [-0.25, -0.2) is 4.79 Å². The Balaban J connectivity index is 1.59. The van der Waals surface area contributed by atoms with E-state index in [1.54, 1.807) is 0 Å². The van der Waals surface area contributed by atoms with Crippen LogP contribution in [0.2, 0.25) is 0 Å². The minimum atomic E-state index is -0.618. The zero-order valence-corrected chi connectivity index (χ0v) is 14.0. The van der Waals surface area contributed by atoms with Crippen LogP contribution in [-0.2, 0) is 11.3 Å². The molecule has 0 spiro atoms. The van der Waals surface area contributed by atoms with Crippen molar-refractivity contribution in [3.63, 3.8) is 0 Å². The average molecular weight is 320 g/mol. The van der Waals surface area contributed by atoms with E-state index in [0.29, 0.717) is 19.2 Å². The molecule has 0 aromatic heterocycles. The molecule has 1 aliphatic carbocycles. The standard InChI is InChI=1S/C18H28N2O3/c1-3-18(22,4-2)13-19-15-10-16(11-15)20-17(21)23-12-14-8-6-5-7-9-14/h5-9,15-16,19,22H,3-4,10-13H2,1-2H3,(H,20,21). The molecule has 0 heterocycles. The Bertz CT molecular complexity index is 482. The summed E-state index contributed by atoms with van der Waals surface area (Å²) in [6.07, 6.45) is 2.89. The van der Waals surface area contributed by atoms with Gasteiger partial charge in [0.15, 0.2) is 0 Å². The molecule has 0 unspecified atom stereocenters. The van der Waals surface area contributed by atoms with Gasteiger partial charge in [0.2, 0.25) is 0 Å². The maximum Gasteiger partial charge on any atom is 0.407 e. The predicted octanol–water partition coefficient (Wildman–Crippen LogP) is 2.58. The van der Waals surface area contributed by atoms with Crippen molar-refractivity contribution in [3.05, 3.63) is 35.9 Å². The lowest BCUT2D eigenvalue weighted by molar-refractivity contribution is 0.0252. The summed E-state index contributed by atoms with van der Waals surface area (Å²) in [5, 5.41) is 16.5. The van der Waals surface area contributed by atoms with Crippen LogP contribution in [0, 0.1) is 0 Å². The highest BCUT2D eigenvalue weighted by molar-refractivity contribution is 5.67. The smallest absolute Gasteiger partial charge is 0.407 e. The molecule has 23 heavy (non-hydrogen) atoms. The SMILES string of the molecule is CCC(O)(CC)CNC1CC(NC(=O)OCc2ccccc2)C1. The maximum atomic E-state index is 11.7. The Labute approximate surface area is 138 Å². The molecule has 0 atom stereocenters. The highest BCUT2D eigenvalue weighted by atomic mass is 16.5. The molecular weight excluding hydrogens is 292 g/mol. The first-order valence-corrected chi connectivity index (χ1v) is 8.47. The summed E-state index contributed by atoms with van der Waals surface area (Å²) in [5.41, 5.74) is 0.363. The number of carbonyl (C=O) groups excluding carboxylic acids is 1. The van der Waals surface area contributed by atoms with Gasteiger partial charge in [0.05, 0.1) is 5.60 Å². The van der Waals surface area contributed by atoms with E-state index in [1.807, 2.05) is 44.2 Å². The Morgan fingerprint density at radius 2 is 1.87 bits per heavy atom. The molecule has 0 radical (unpaired) electrons. The first kappa shape index (κ1) is 17.8.